The summed E-state index contributed by atoms with van der Waals surface area (Å²) in [5.74, 6) is -1.84. The van der Waals surface area contributed by atoms with Crippen molar-refractivity contribution in [2.45, 2.75) is 25.8 Å². The van der Waals surface area contributed by atoms with Crippen LogP contribution in [-0.4, -0.2) is 10.4 Å². The molecule has 1 aliphatic carbocycles. The number of Topliss-reactive ketones (excluding diaryl/α,β-unsaturated/α-hetero) is 1. The number of fused-ring (bicyclic) bond motifs is 1. The van der Waals surface area contributed by atoms with Gasteiger partial charge in [-0.25, -0.2) is 8.78 Å². The Hall–Kier alpha value is -2.30. The van der Waals surface area contributed by atoms with Crippen LogP contribution in [0.2, 0.25) is 0 Å². The molecule has 0 saturated carbocycles. The fourth-order valence-electron chi connectivity index (χ4n) is 2.69. The van der Waals surface area contributed by atoms with E-state index in [0.717, 1.165) is 12.1 Å². The lowest BCUT2D eigenvalue weighted by Gasteiger charge is -2.20. The van der Waals surface area contributed by atoms with Crippen molar-refractivity contribution >= 4 is 5.78 Å². The molecular weight excluding hydrogens is 276 g/mol. The molecule has 1 aromatic carbocycles. The van der Waals surface area contributed by atoms with E-state index in [0.29, 0.717) is 36.1 Å². The molecular formula is C16H13F2NO2. The van der Waals surface area contributed by atoms with Crippen molar-refractivity contribution in [3.63, 3.8) is 0 Å². The summed E-state index contributed by atoms with van der Waals surface area (Å²) in [5.41, 5.74) is 1.49. The maximum atomic E-state index is 13.3. The van der Waals surface area contributed by atoms with E-state index in [4.69, 9.17) is 0 Å². The molecule has 0 bridgehead atoms. The number of rotatable bonds is 2. The van der Waals surface area contributed by atoms with Gasteiger partial charge in [-0.2, -0.15) is 0 Å². The second-order valence-corrected chi connectivity index (χ2v) is 5.14. The fourth-order valence-corrected chi connectivity index (χ4v) is 2.69. The van der Waals surface area contributed by atoms with E-state index >= 15 is 0 Å². The van der Waals surface area contributed by atoms with E-state index < -0.39 is 11.6 Å². The zero-order chi connectivity index (χ0) is 15.0. The molecule has 0 atom stereocenters. The van der Waals surface area contributed by atoms with Crippen LogP contribution in [-0.2, 0) is 13.0 Å². The van der Waals surface area contributed by atoms with Crippen molar-refractivity contribution in [2.75, 3.05) is 0 Å². The summed E-state index contributed by atoms with van der Waals surface area (Å²) in [6.07, 6.45) is 1.82. The molecule has 0 aliphatic heterocycles. The van der Waals surface area contributed by atoms with Gasteiger partial charge in [0.2, 0.25) is 0 Å². The first kappa shape index (κ1) is 13.7. The number of halogens is 2. The number of carbonyl (C=O) groups is 1. The van der Waals surface area contributed by atoms with Crippen LogP contribution in [0.15, 0.2) is 35.1 Å². The molecule has 1 aliphatic rings. The number of nitrogens with zero attached hydrogens (tertiary/aromatic N) is 1. The molecule has 0 fully saturated rings. The van der Waals surface area contributed by atoms with Crippen molar-refractivity contribution in [1.29, 1.82) is 0 Å². The third-order valence-corrected chi connectivity index (χ3v) is 3.74. The lowest BCUT2D eigenvalue weighted by molar-refractivity contribution is 0.0970. The standard InChI is InChI=1S/C16H13F2NO2/c17-12-6-4-10(8-13(12)18)9-19-14-2-1-3-15(20)11(14)5-7-16(19)21/h4-8H,1-3,9H2. The van der Waals surface area contributed by atoms with Gasteiger partial charge in [-0.1, -0.05) is 6.07 Å². The number of ketones is 1. The highest BCUT2D eigenvalue weighted by Gasteiger charge is 2.20. The van der Waals surface area contributed by atoms with E-state index in [1.54, 1.807) is 6.07 Å². The maximum Gasteiger partial charge on any atom is 0.251 e. The molecule has 0 N–H and O–H groups in total. The van der Waals surface area contributed by atoms with Crippen LogP contribution in [0.1, 0.15) is 34.5 Å². The summed E-state index contributed by atoms with van der Waals surface area (Å²) in [4.78, 5) is 23.9. The van der Waals surface area contributed by atoms with Crippen molar-refractivity contribution in [3.8, 4) is 0 Å². The first-order valence-electron chi connectivity index (χ1n) is 6.76. The molecule has 2 aromatic rings. The summed E-state index contributed by atoms with van der Waals surface area (Å²) in [6.45, 7) is 0.131. The van der Waals surface area contributed by atoms with Crippen LogP contribution in [0.25, 0.3) is 0 Å². The lowest BCUT2D eigenvalue weighted by Crippen LogP contribution is -2.28. The van der Waals surface area contributed by atoms with Crippen LogP contribution in [0, 0.1) is 11.6 Å². The van der Waals surface area contributed by atoms with Crippen LogP contribution < -0.4 is 5.56 Å². The lowest BCUT2D eigenvalue weighted by atomic mass is 9.94. The van der Waals surface area contributed by atoms with Gasteiger partial charge in [0.25, 0.3) is 5.56 Å². The molecule has 1 heterocycles. The van der Waals surface area contributed by atoms with Crippen molar-refractivity contribution < 1.29 is 13.6 Å². The molecule has 0 amide bonds. The Morgan fingerprint density at radius 2 is 1.81 bits per heavy atom. The minimum atomic E-state index is -0.943. The number of benzene rings is 1. The number of pyridine rings is 1. The molecule has 0 spiro atoms. The zero-order valence-electron chi connectivity index (χ0n) is 11.2. The molecule has 1 aromatic heterocycles. The van der Waals surface area contributed by atoms with Gasteiger partial charge in [0.15, 0.2) is 17.4 Å². The van der Waals surface area contributed by atoms with Gasteiger partial charge >= 0.3 is 0 Å². The minimum absolute atomic E-state index is 0.0234. The third kappa shape index (κ3) is 2.51. The third-order valence-electron chi connectivity index (χ3n) is 3.74. The Balaban J connectivity index is 2.06. The number of hydrogen-bond acceptors (Lipinski definition) is 2. The summed E-state index contributed by atoms with van der Waals surface area (Å²) in [6, 6.07) is 6.46. The first-order chi connectivity index (χ1) is 10.1. The van der Waals surface area contributed by atoms with Gasteiger partial charge in [-0.05, 0) is 36.6 Å². The molecule has 0 radical (unpaired) electrons. The Morgan fingerprint density at radius 1 is 1.00 bits per heavy atom. The van der Waals surface area contributed by atoms with Gasteiger partial charge in [0.1, 0.15) is 0 Å². The Kier molecular flexibility index (Phi) is 3.41. The first-order valence-corrected chi connectivity index (χ1v) is 6.76. The van der Waals surface area contributed by atoms with Crippen LogP contribution in [0.4, 0.5) is 8.78 Å². The molecule has 3 rings (SSSR count). The maximum absolute atomic E-state index is 13.3. The number of carbonyl (C=O) groups excluding carboxylic acids is 1. The SMILES string of the molecule is O=C1CCCc2c1ccc(=O)n2Cc1ccc(F)c(F)c1. The van der Waals surface area contributed by atoms with Gasteiger partial charge in [0, 0.05) is 23.7 Å². The van der Waals surface area contributed by atoms with Crippen molar-refractivity contribution in [3.05, 3.63) is 69.1 Å². The zero-order valence-corrected chi connectivity index (χ0v) is 11.2. The minimum Gasteiger partial charge on any atom is -0.308 e. The quantitative estimate of drug-likeness (QED) is 0.852. The topological polar surface area (TPSA) is 39.1 Å². The molecule has 5 heteroatoms. The second kappa shape index (κ2) is 5.24. The van der Waals surface area contributed by atoms with E-state index in [1.165, 1.54) is 16.7 Å². The summed E-state index contributed by atoms with van der Waals surface area (Å²) in [5, 5.41) is 0. The van der Waals surface area contributed by atoms with Gasteiger partial charge in [-0.3, -0.25) is 9.59 Å². The van der Waals surface area contributed by atoms with Crippen LogP contribution >= 0.6 is 0 Å². The highest BCUT2D eigenvalue weighted by atomic mass is 19.2. The molecule has 108 valence electrons. The Morgan fingerprint density at radius 3 is 2.57 bits per heavy atom. The number of hydrogen-bond donors (Lipinski definition) is 0. The van der Waals surface area contributed by atoms with Crippen LogP contribution in [0.5, 0.6) is 0 Å². The van der Waals surface area contributed by atoms with Crippen LogP contribution in [0.3, 0.4) is 0 Å². The van der Waals surface area contributed by atoms with E-state index in [-0.39, 0.29) is 17.9 Å². The smallest absolute Gasteiger partial charge is 0.251 e. The highest BCUT2D eigenvalue weighted by molar-refractivity contribution is 5.97. The number of aromatic nitrogens is 1. The highest BCUT2D eigenvalue weighted by Crippen LogP contribution is 2.20. The van der Waals surface area contributed by atoms with E-state index in [9.17, 15) is 18.4 Å². The normalized spacial score (nSPS) is 14.1. The molecule has 3 nitrogen and oxygen atoms in total. The predicted molar refractivity (Wildman–Crippen MR) is 73.4 cm³/mol. The van der Waals surface area contributed by atoms with Gasteiger partial charge in [-0.15, -0.1) is 0 Å². The van der Waals surface area contributed by atoms with Gasteiger partial charge < -0.3 is 4.57 Å². The Bertz CT molecular complexity index is 780. The molecule has 0 unspecified atom stereocenters. The average molecular weight is 289 g/mol. The van der Waals surface area contributed by atoms with Gasteiger partial charge in [0.05, 0.1) is 6.54 Å². The van der Waals surface area contributed by atoms with E-state index in [2.05, 4.69) is 0 Å². The summed E-state index contributed by atoms with van der Waals surface area (Å²) in [7, 11) is 0. The Labute approximate surface area is 119 Å². The van der Waals surface area contributed by atoms with Crippen molar-refractivity contribution in [2.24, 2.45) is 0 Å². The summed E-state index contributed by atoms with van der Waals surface area (Å²) >= 11 is 0. The predicted octanol–water partition coefficient (Wildman–Crippen LogP) is 2.69. The molecule has 0 saturated heterocycles. The average Bonchev–Trinajstić information content (AvgIpc) is 2.46. The van der Waals surface area contributed by atoms with Crippen molar-refractivity contribution in [1.82, 2.24) is 4.57 Å². The molecule has 21 heavy (non-hydrogen) atoms. The fraction of sp³-hybridized carbons (Fsp3) is 0.250. The summed E-state index contributed by atoms with van der Waals surface area (Å²) < 4.78 is 27.7. The monoisotopic (exact) mass is 289 g/mol. The van der Waals surface area contributed by atoms with E-state index in [1.807, 2.05) is 0 Å². The second-order valence-electron chi connectivity index (χ2n) is 5.14. The largest absolute Gasteiger partial charge is 0.308 e.